The second-order valence-corrected chi connectivity index (χ2v) is 5.18. The molecule has 12 heavy (non-hydrogen) atoms. The monoisotopic (exact) mass is 213 g/mol. The van der Waals surface area contributed by atoms with Crippen LogP contribution in [0.25, 0.3) is 0 Å². The van der Waals surface area contributed by atoms with Crippen molar-refractivity contribution in [1.82, 2.24) is 5.32 Å². The lowest BCUT2D eigenvalue weighted by molar-refractivity contribution is -0.135. The van der Waals surface area contributed by atoms with E-state index >= 15 is 0 Å². The Morgan fingerprint density at radius 2 is 2.33 bits per heavy atom. The number of nitrogens with one attached hydrogen (secondary N) is 1. The van der Waals surface area contributed by atoms with Gasteiger partial charge in [0.2, 0.25) is 15.0 Å². The first-order valence-electron chi connectivity index (χ1n) is 3.31. The number of hydrogen-bond acceptors (Lipinski definition) is 4. The van der Waals surface area contributed by atoms with Gasteiger partial charge in [-0.2, -0.15) is 0 Å². The van der Waals surface area contributed by atoms with Crippen molar-refractivity contribution in [2.45, 2.75) is 6.10 Å². The lowest BCUT2D eigenvalue weighted by Crippen LogP contribution is -2.46. The van der Waals surface area contributed by atoms with Crippen LogP contribution in [0.2, 0.25) is 0 Å². The SMILES string of the molecule is O=C1NCCOC1CS(=O)(=O)Cl. The minimum absolute atomic E-state index is 0.322. The molecule has 7 heteroatoms. The van der Waals surface area contributed by atoms with Crippen LogP contribution in [0.5, 0.6) is 0 Å². The second-order valence-electron chi connectivity index (χ2n) is 2.36. The fourth-order valence-corrected chi connectivity index (χ4v) is 1.82. The van der Waals surface area contributed by atoms with Crippen LogP contribution in [0.15, 0.2) is 0 Å². The predicted molar refractivity (Wildman–Crippen MR) is 42.4 cm³/mol. The Balaban J connectivity index is 2.56. The molecular weight excluding hydrogens is 206 g/mol. The number of hydrogen-bond donors (Lipinski definition) is 1. The van der Waals surface area contributed by atoms with Gasteiger partial charge in [0.25, 0.3) is 0 Å². The molecule has 0 spiro atoms. The van der Waals surface area contributed by atoms with Crippen LogP contribution in [0.1, 0.15) is 0 Å². The third kappa shape index (κ3) is 2.96. The van der Waals surface area contributed by atoms with E-state index in [1.807, 2.05) is 0 Å². The largest absolute Gasteiger partial charge is 0.365 e. The van der Waals surface area contributed by atoms with E-state index in [1.54, 1.807) is 0 Å². The molecule has 0 radical (unpaired) electrons. The summed E-state index contributed by atoms with van der Waals surface area (Å²) in [5.74, 6) is -0.897. The predicted octanol–water partition coefficient (Wildman–Crippen LogP) is -0.930. The molecule has 0 aromatic heterocycles. The van der Waals surface area contributed by atoms with Crippen molar-refractivity contribution in [2.75, 3.05) is 18.9 Å². The normalized spacial score (nSPS) is 25.1. The van der Waals surface area contributed by atoms with Crippen molar-refractivity contribution in [3.8, 4) is 0 Å². The highest BCUT2D eigenvalue weighted by atomic mass is 35.7. The molecule has 1 unspecified atom stereocenters. The molecule has 0 aliphatic carbocycles. The third-order valence-electron chi connectivity index (χ3n) is 1.36. The van der Waals surface area contributed by atoms with E-state index in [1.165, 1.54) is 0 Å². The van der Waals surface area contributed by atoms with Gasteiger partial charge >= 0.3 is 0 Å². The van der Waals surface area contributed by atoms with Crippen molar-refractivity contribution < 1.29 is 17.9 Å². The van der Waals surface area contributed by atoms with Crippen LogP contribution in [0.4, 0.5) is 0 Å². The first-order valence-corrected chi connectivity index (χ1v) is 5.78. The smallest absolute Gasteiger partial charge is 0.250 e. The number of ether oxygens (including phenoxy) is 1. The maximum atomic E-state index is 10.9. The fourth-order valence-electron chi connectivity index (χ4n) is 0.870. The summed E-state index contributed by atoms with van der Waals surface area (Å²) < 4.78 is 26.0. The minimum atomic E-state index is -3.67. The van der Waals surface area contributed by atoms with Crippen molar-refractivity contribution in [3.05, 3.63) is 0 Å². The van der Waals surface area contributed by atoms with E-state index < -0.39 is 26.8 Å². The third-order valence-corrected chi connectivity index (χ3v) is 2.44. The Bertz CT molecular complexity index is 275. The highest BCUT2D eigenvalue weighted by molar-refractivity contribution is 8.13. The topological polar surface area (TPSA) is 72.5 Å². The molecule has 0 aromatic carbocycles. The summed E-state index contributed by atoms with van der Waals surface area (Å²) in [6, 6.07) is 0. The van der Waals surface area contributed by atoms with E-state index in [4.69, 9.17) is 15.4 Å². The van der Waals surface area contributed by atoms with Crippen LogP contribution >= 0.6 is 10.7 Å². The van der Waals surface area contributed by atoms with Crippen LogP contribution in [0, 0.1) is 0 Å². The molecule has 5 nitrogen and oxygen atoms in total. The lowest BCUT2D eigenvalue weighted by Gasteiger charge is -2.20. The van der Waals surface area contributed by atoms with E-state index in [-0.39, 0.29) is 0 Å². The molecule has 1 N–H and O–H groups in total. The highest BCUT2D eigenvalue weighted by Gasteiger charge is 2.27. The first-order chi connectivity index (χ1) is 5.49. The van der Waals surface area contributed by atoms with Gasteiger partial charge in [0.1, 0.15) is 5.75 Å². The van der Waals surface area contributed by atoms with Gasteiger partial charge in [0.15, 0.2) is 6.10 Å². The molecular formula is C5H8ClNO4S. The van der Waals surface area contributed by atoms with Crippen LogP contribution in [0.3, 0.4) is 0 Å². The number of carbonyl (C=O) groups is 1. The summed E-state index contributed by atoms with van der Waals surface area (Å²) in [5, 5.41) is 2.47. The zero-order valence-electron chi connectivity index (χ0n) is 6.12. The van der Waals surface area contributed by atoms with Gasteiger partial charge in [-0.15, -0.1) is 0 Å². The summed E-state index contributed by atoms with van der Waals surface area (Å²) in [4.78, 5) is 10.9. The van der Waals surface area contributed by atoms with Crippen molar-refractivity contribution in [2.24, 2.45) is 0 Å². The summed E-state index contributed by atoms with van der Waals surface area (Å²) >= 11 is 0. The van der Waals surface area contributed by atoms with Crippen molar-refractivity contribution >= 4 is 25.6 Å². The molecule has 1 aliphatic rings. The summed E-state index contributed by atoms with van der Waals surface area (Å²) in [6.07, 6.45) is -0.957. The summed E-state index contributed by atoms with van der Waals surface area (Å²) in [7, 11) is 1.27. The fraction of sp³-hybridized carbons (Fsp3) is 0.800. The standard InChI is InChI=1S/C5H8ClNO4S/c6-12(9,10)3-4-5(8)7-1-2-11-4/h4H,1-3H2,(H,7,8). The van der Waals surface area contributed by atoms with Gasteiger partial charge in [-0.1, -0.05) is 0 Å². The Hall–Kier alpha value is -0.330. The Morgan fingerprint density at radius 1 is 1.67 bits per heavy atom. The van der Waals surface area contributed by atoms with Gasteiger partial charge in [0, 0.05) is 17.2 Å². The Morgan fingerprint density at radius 3 is 2.83 bits per heavy atom. The zero-order chi connectivity index (χ0) is 9.19. The van der Waals surface area contributed by atoms with Gasteiger partial charge in [-0.25, -0.2) is 8.42 Å². The van der Waals surface area contributed by atoms with E-state index in [2.05, 4.69) is 5.32 Å². The van der Waals surface area contributed by atoms with Gasteiger partial charge in [-0.3, -0.25) is 4.79 Å². The number of morpholine rings is 1. The zero-order valence-corrected chi connectivity index (χ0v) is 7.69. The average Bonchev–Trinajstić information content (AvgIpc) is 1.91. The van der Waals surface area contributed by atoms with Crippen LogP contribution in [-0.4, -0.2) is 39.3 Å². The Labute approximate surface area is 74.5 Å². The molecule has 70 valence electrons. The van der Waals surface area contributed by atoms with E-state index in [0.29, 0.717) is 13.2 Å². The average molecular weight is 214 g/mol. The molecule has 1 amide bonds. The molecule has 1 atom stereocenters. The van der Waals surface area contributed by atoms with Gasteiger partial charge in [-0.05, 0) is 0 Å². The molecule has 1 rings (SSSR count). The summed E-state index contributed by atoms with van der Waals surface area (Å²) in [5.41, 5.74) is 0. The van der Waals surface area contributed by atoms with E-state index in [0.717, 1.165) is 0 Å². The second kappa shape index (κ2) is 3.59. The maximum absolute atomic E-state index is 10.9. The van der Waals surface area contributed by atoms with Crippen molar-refractivity contribution in [3.63, 3.8) is 0 Å². The number of carbonyl (C=O) groups excluding carboxylic acids is 1. The molecule has 0 saturated carbocycles. The highest BCUT2D eigenvalue weighted by Crippen LogP contribution is 2.05. The molecule has 1 fully saturated rings. The molecule has 0 aromatic rings. The maximum Gasteiger partial charge on any atom is 0.250 e. The molecule has 1 saturated heterocycles. The minimum Gasteiger partial charge on any atom is -0.365 e. The number of amides is 1. The lowest BCUT2D eigenvalue weighted by atomic mass is 10.3. The van der Waals surface area contributed by atoms with Crippen molar-refractivity contribution in [1.29, 1.82) is 0 Å². The molecule has 0 bridgehead atoms. The number of rotatable bonds is 2. The van der Waals surface area contributed by atoms with Crippen LogP contribution < -0.4 is 5.32 Å². The molecule has 1 heterocycles. The quantitative estimate of drug-likeness (QED) is 0.602. The first kappa shape index (κ1) is 9.76. The summed E-state index contributed by atoms with van der Waals surface area (Å²) in [6.45, 7) is 0.737. The Kier molecular flexibility index (Phi) is 2.92. The number of halogens is 1. The molecule has 1 aliphatic heterocycles. The van der Waals surface area contributed by atoms with E-state index in [9.17, 15) is 13.2 Å². The van der Waals surface area contributed by atoms with Gasteiger partial charge in [0.05, 0.1) is 6.61 Å². The van der Waals surface area contributed by atoms with Gasteiger partial charge < -0.3 is 10.1 Å². The van der Waals surface area contributed by atoms with Crippen LogP contribution in [-0.2, 0) is 18.6 Å².